The molecule has 1 aromatic carbocycles. The molecule has 2 rings (SSSR count). The number of nitrogens with two attached hydrogens (primary N) is 1. The minimum Gasteiger partial charge on any atom is -0.399 e. The Bertz CT molecular complexity index is 576. The Labute approximate surface area is 126 Å². The van der Waals surface area contributed by atoms with Gasteiger partial charge in [0, 0.05) is 17.8 Å². The number of aryl methyl sites for hydroxylation is 1. The molecule has 0 spiro atoms. The molecule has 1 aromatic heterocycles. The molecule has 0 saturated carbocycles. The zero-order chi connectivity index (χ0) is 15.2. The molecule has 21 heavy (non-hydrogen) atoms. The van der Waals surface area contributed by atoms with Crippen LogP contribution in [0.1, 0.15) is 45.1 Å². The van der Waals surface area contributed by atoms with Crippen LogP contribution in [0.15, 0.2) is 18.2 Å². The van der Waals surface area contributed by atoms with Crippen molar-refractivity contribution in [3.05, 3.63) is 23.8 Å². The Kier molecular flexibility index (Phi) is 5.31. The number of tetrazole rings is 1. The van der Waals surface area contributed by atoms with Crippen molar-refractivity contribution in [1.82, 2.24) is 20.2 Å². The maximum absolute atomic E-state index is 5.90. The Morgan fingerprint density at radius 2 is 2.10 bits per heavy atom. The van der Waals surface area contributed by atoms with Crippen molar-refractivity contribution in [2.75, 3.05) is 5.73 Å². The monoisotopic (exact) mass is 287 g/mol. The second-order valence-corrected chi connectivity index (χ2v) is 5.68. The molecule has 0 aliphatic rings. The lowest BCUT2D eigenvalue weighted by Gasteiger charge is -2.15. The quantitative estimate of drug-likeness (QED) is 0.792. The van der Waals surface area contributed by atoms with Crippen molar-refractivity contribution in [1.29, 1.82) is 0 Å². The normalized spacial score (nSPS) is 12.5. The molecule has 2 aromatic rings. The van der Waals surface area contributed by atoms with Crippen LogP contribution in [-0.2, 0) is 6.54 Å². The van der Waals surface area contributed by atoms with E-state index in [1.807, 2.05) is 22.9 Å². The number of aromatic nitrogens is 4. The smallest absolute Gasteiger partial charge is 0.182 e. The number of benzene rings is 1. The summed E-state index contributed by atoms with van der Waals surface area (Å²) in [6, 6.07) is 5.87. The first kappa shape index (κ1) is 15.5. The summed E-state index contributed by atoms with van der Waals surface area (Å²) in [5, 5.41) is 12.2. The topological polar surface area (TPSA) is 69.6 Å². The van der Waals surface area contributed by atoms with Gasteiger partial charge in [-0.05, 0) is 47.4 Å². The first-order chi connectivity index (χ1) is 10.2. The van der Waals surface area contributed by atoms with Crippen molar-refractivity contribution in [2.24, 2.45) is 5.92 Å². The number of hydrogen-bond acceptors (Lipinski definition) is 4. The molecule has 0 aliphatic heterocycles. The van der Waals surface area contributed by atoms with Crippen LogP contribution in [0.25, 0.3) is 11.4 Å². The molecule has 114 valence electrons. The standard InChI is InChI=1S/C16H25N5/c1-4-6-7-13(5-2)11-21-16(18-19-20-21)15-10-14(17)9-8-12(15)3/h8-10,13H,4-7,11,17H2,1-3H3. The van der Waals surface area contributed by atoms with Crippen molar-refractivity contribution >= 4 is 5.69 Å². The van der Waals surface area contributed by atoms with Gasteiger partial charge in [0.15, 0.2) is 5.82 Å². The van der Waals surface area contributed by atoms with E-state index in [0.29, 0.717) is 5.92 Å². The van der Waals surface area contributed by atoms with E-state index in [4.69, 9.17) is 5.73 Å². The minimum atomic E-state index is 0.619. The molecular weight excluding hydrogens is 262 g/mol. The van der Waals surface area contributed by atoms with Crippen molar-refractivity contribution < 1.29 is 0 Å². The largest absolute Gasteiger partial charge is 0.399 e. The third kappa shape index (κ3) is 3.80. The minimum absolute atomic E-state index is 0.619. The number of hydrogen-bond donors (Lipinski definition) is 1. The van der Waals surface area contributed by atoms with Gasteiger partial charge in [-0.3, -0.25) is 0 Å². The van der Waals surface area contributed by atoms with Crippen molar-refractivity contribution in [3.63, 3.8) is 0 Å². The summed E-state index contributed by atoms with van der Waals surface area (Å²) in [7, 11) is 0. The highest BCUT2D eigenvalue weighted by Gasteiger charge is 2.15. The average Bonchev–Trinajstić information content (AvgIpc) is 2.93. The highest BCUT2D eigenvalue weighted by Crippen LogP contribution is 2.24. The van der Waals surface area contributed by atoms with E-state index in [2.05, 4.69) is 36.3 Å². The fraction of sp³-hybridized carbons (Fsp3) is 0.562. The Hall–Kier alpha value is -1.91. The van der Waals surface area contributed by atoms with Crippen LogP contribution >= 0.6 is 0 Å². The molecule has 0 bridgehead atoms. The van der Waals surface area contributed by atoms with Crippen LogP contribution in [0.5, 0.6) is 0 Å². The van der Waals surface area contributed by atoms with Crippen LogP contribution in [0.4, 0.5) is 5.69 Å². The molecule has 0 fully saturated rings. The number of nitrogen functional groups attached to an aromatic ring is 1. The molecule has 5 heteroatoms. The Morgan fingerprint density at radius 1 is 1.29 bits per heavy atom. The molecule has 0 amide bonds. The molecule has 0 saturated heterocycles. The van der Waals surface area contributed by atoms with E-state index in [-0.39, 0.29) is 0 Å². The molecule has 0 aliphatic carbocycles. The SMILES string of the molecule is CCCCC(CC)Cn1nnnc1-c1cc(N)ccc1C. The van der Waals surface area contributed by atoms with Crippen LogP contribution in [0.2, 0.25) is 0 Å². The van der Waals surface area contributed by atoms with E-state index < -0.39 is 0 Å². The highest BCUT2D eigenvalue weighted by molar-refractivity contribution is 5.65. The molecule has 1 heterocycles. The number of rotatable bonds is 7. The zero-order valence-corrected chi connectivity index (χ0v) is 13.2. The van der Waals surface area contributed by atoms with E-state index in [1.165, 1.54) is 19.3 Å². The zero-order valence-electron chi connectivity index (χ0n) is 13.2. The molecule has 0 radical (unpaired) electrons. The van der Waals surface area contributed by atoms with E-state index in [1.54, 1.807) is 0 Å². The third-order valence-electron chi connectivity index (χ3n) is 4.01. The summed E-state index contributed by atoms with van der Waals surface area (Å²) >= 11 is 0. The lowest BCUT2D eigenvalue weighted by molar-refractivity contribution is 0.370. The maximum Gasteiger partial charge on any atom is 0.182 e. The van der Waals surface area contributed by atoms with Crippen LogP contribution < -0.4 is 5.73 Å². The number of nitrogens with zero attached hydrogens (tertiary/aromatic N) is 4. The van der Waals surface area contributed by atoms with Gasteiger partial charge in [0.05, 0.1) is 0 Å². The molecule has 1 atom stereocenters. The summed E-state index contributed by atoms with van der Waals surface area (Å²) in [6.07, 6.45) is 4.86. The fourth-order valence-electron chi connectivity index (χ4n) is 2.56. The Morgan fingerprint density at radius 3 is 2.81 bits per heavy atom. The summed E-state index contributed by atoms with van der Waals surface area (Å²) in [5.74, 6) is 1.43. The van der Waals surface area contributed by atoms with Gasteiger partial charge in [-0.15, -0.1) is 5.10 Å². The van der Waals surface area contributed by atoms with Crippen molar-refractivity contribution in [3.8, 4) is 11.4 Å². The van der Waals surface area contributed by atoms with Gasteiger partial charge in [0.2, 0.25) is 0 Å². The van der Waals surface area contributed by atoms with Crippen LogP contribution in [-0.4, -0.2) is 20.2 Å². The fourth-order valence-corrected chi connectivity index (χ4v) is 2.56. The van der Waals surface area contributed by atoms with Crippen molar-refractivity contribution in [2.45, 2.75) is 53.0 Å². The van der Waals surface area contributed by atoms with E-state index in [9.17, 15) is 0 Å². The summed E-state index contributed by atoms with van der Waals surface area (Å²) in [6.45, 7) is 7.39. The molecule has 1 unspecified atom stereocenters. The Balaban J connectivity index is 2.23. The lowest BCUT2D eigenvalue weighted by Crippen LogP contribution is -2.13. The highest BCUT2D eigenvalue weighted by atomic mass is 15.5. The van der Waals surface area contributed by atoms with Gasteiger partial charge in [0.25, 0.3) is 0 Å². The van der Waals surface area contributed by atoms with E-state index in [0.717, 1.165) is 35.6 Å². The number of unbranched alkanes of at least 4 members (excludes halogenated alkanes) is 1. The van der Waals surface area contributed by atoms with Gasteiger partial charge >= 0.3 is 0 Å². The third-order valence-corrected chi connectivity index (χ3v) is 4.01. The number of anilines is 1. The van der Waals surface area contributed by atoms with Gasteiger partial charge in [-0.1, -0.05) is 39.2 Å². The first-order valence-corrected chi connectivity index (χ1v) is 7.78. The molecule has 5 nitrogen and oxygen atoms in total. The predicted octanol–water partition coefficient (Wildman–Crippen LogP) is 3.45. The second kappa shape index (κ2) is 7.20. The molecule has 2 N–H and O–H groups in total. The summed E-state index contributed by atoms with van der Waals surface area (Å²) in [4.78, 5) is 0. The second-order valence-electron chi connectivity index (χ2n) is 5.68. The average molecular weight is 287 g/mol. The molecular formula is C16H25N5. The van der Waals surface area contributed by atoms with Gasteiger partial charge < -0.3 is 5.73 Å². The predicted molar refractivity (Wildman–Crippen MR) is 85.7 cm³/mol. The summed E-state index contributed by atoms with van der Waals surface area (Å²) in [5.41, 5.74) is 8.80. The van der Waals surface area contributed by atoms with Crippen LogP contribution in [0.3, 0.4) is 0 Å². The lowest BCUT2D eigenvalue weighted by atomic mass is 9.99. The van der Waals surface area contributed by atoms with Crippen LogP contribution in [0, 0.1) is 12.8 Å². The van der Waals surface area contributed by atoms with Gasteiger partial charge in [-0.25, -0.2) is 4.68 Å². The summed E-state index contributed by atoms with van der Waals surface area (Å²) < 4.78 is 1.92. The maximum atomic E-state index is 5.90. The first-order valence-electron chi connectivity index (χ1n) is 7.78. The van der Waals surface area contributed by atoms with Gasteiger partial charge in [-0.2, -0.15) is 0 Å². The van der Waals surface area contributed by atoms with E-state index >= 15 is 0 Å². The van der Waals surface area contributed by atoms with Gasteiger partial charge in [0.1, 0.15) is 0 Å².